The summed E-state index contributed by atoms with van der Waals surface area (Å²) >= 11 is 6.92. The van der Waals surface area contributed by atoms with Gasteiger partial charge in [-0.1, -0.05) is 59.4 Å². The third kappa shape index (κ3) is 2.62. The number of rotatable bonds is 1. The van der Waals surface area contributed by atoms with Gasteiger partial charge in [0.05, 0.1) is 0 Å². The molecular weight excluding hydrogens is 541 g/mol. The minimum Gasteiger partial charge on any atom is -1.00 e. The second-order valence-corrected chi connectivity index (χ2v) is 11.5. The minimum atomic E-state index is -1.83. The molecular formula is C19H14Cl3HfSi-3. The Bertz CT molecular complexity index is 999. The molecule has 1 aliphatic heterocycles. The van der Waals surface area contributed by atoms with Crippen molar-refractivity contribution in [3.63, 3.8) is 0 Å². The maximum absolute atomic E-state index is 6.92. The zero-order chi connectivity index (χ0) is 14.2. The van der Waals surface area contributed by atoms with Gasteiger partial charge in [-0.2, -0.15) is 11.1 Å². The maximum Gasteiger partial charge on any atom is 0.171 e. The largest absolute Gasteiger partial charge is 1.00 e. The van der Waals surface area contributed by atoms with Crippen molar-refractivity contribution in [2.45, 2.75) is 13.0 Å². The predicted octanol–water partition coefficient (Wildman–Crippen LogP) is -1.70. The fourth-order valence-electron chi connectivity index (χ4n) is 3.85. The van der Waals surface area contributed by atoms with E-state index < -0.39 is 7.38 Å². The second-order valence-electron chi connectivity index (χ2n) is 6.19. The van der Waals surface area contributed by atoms with Crippen LogP contribution in [0.4, 0.5) is 0 Å². The summed E-state index contributed by atoms with van der Waals surface area (Å²) < 4.78 is 0. The number of hydrogen-bond donors (Lipinski definition) is 0. The van der Waals surface area contributed by atoms with Gasteiger partial charge in [0.25, 0.3) is 0 Å². The van der Waals surface area contributed by atoms with Crippen molar-refractivity contribution >= 4 is 56.0 Å². The maximum atomic E-state index is 6.92. The van der Waals surface area contributed by atoms with Gasteiger partial charge in [-0.25, -0.2) is 0 Å². The first-order valence-electron chi connectivity index (χ1n) is 7.39. The summed E-state index contributed by atoms with van der Waals surface area (Å²) in [4.78, 5) is 0. The Labute approximate surface area is 178 Å². The zero-order valence-electron chi connectivity index (χ0n) is 13.0. The van der Waals surface area contributed by atoms with Crippen molar-refractivity contribution in [3.8, 4) is 0 Å². The summed E-state index contributed by atoms with van der Waals surface area (Å²) in [7, 11) is -1.83. The van der Waals surface area contributed by atoms with Crippen LogP contribution in [0.15, 0.2) is 54.6 Å². The average molecular weight is 555 g/mol. The first kappa shape index (κ1) is 20.1. The summed E-state index contributed by atoms with van der Waals surface area (Å²) in [5, 5.41) is 8.41. The molecule has 0 bridgehead atoms. The van der Waals surface area contributed by atoms with E-state index in [0.717, 1.165) is 6.42 Å². The van der Waals surface area contributed by atoms with E-state index in [4.69, 9.17) is 11.1 Å². The Morgan fingerprint density at radius 1 is 1.08 bits per heavy atom. The zero-order valence-corrected chi connectivity index (χ0v) is 19.9. The molecule has 1 heterocycles. The molecule has 3 aromatic carbocycles. The molecule has 1 aliphatic carbocycles. The van der Waals surface area contributed by atoms with Crippen LogP contribution >= 0.6 is 11.1 Å². The van der Waals surface area contributed by atoms with Gasteiger partial charge in [-0.15, -0.1) is 33.7 Å². The van der Waals surface area contributed by atoms with Crippen molar-refractivity contribution < 1.29 is 50.7 Å². The van der Waals surface area contributed by atoms with Gasteiger partial charge in [0.15, 0.2) is 7.38 Å². The molecule has 0 saturated heterocycles. The van der Waals surface area contributed by atoms with E-state index in [1.165, 1.54) is 43.1 Å². The summed E-state index contributed by atoms with van der Waals surface area (Å²) in [6.45, 7) is 2.27. The first-order chi connectivity index (χ1) is 10.2. The van der Waals surface area contributed by atoms with Crippen molar-refractivity contribution in [1.82, 2.24) is 0 Å². The van der Waals surface area contributed by atoms with Crippen LogP contribution in [0.2, 0.25) is 6.55 Å². The third-order valence-corrected chi connectivity index (χ3v) is 8.71. The fourth-order valence-corrected chi connectivity index (χ4v) is 8.11. The van der Waals surface area contributed by atoms with Crippen molar-refractivity contribution in [2.75, 3.05) is 0 Å². The smallest absolute Gasteiger partial charge is 0.171 e. The minimum absolute atomic E-state index is 0. The predicted molar refractivity (Wildman–Crippen MR) is 95.5 cm³/mol. The quantitative estimate of drug-likeness (QED) is 0.191. The van der Waals surface area contributed by atoms with Crippen LogP contribution in [-0.4, -0.2) is 7.38 Å². The van der Waals surface area contributed by atoms with Crippen LogP contribution in [-0.2, 0) is 25.8 Å². The van der Waals surface area contributed by atoms with Crippen molar-refractivity contribution in [2.24, 2.45) is 0 Å². The van der Waals surface area contributed by atoms with E-state index >= 15 is 0 Å². The molecule has 0 fully saturated rings. The topological polar surface area (TPSA) is 0 Å². The Hall–Kier alpha value is -0.253. The molecule has 0 spiro atoms. The van der Waals surface area contributed by atoms with E-state index in [2.05, 4.69) is 61.2 Å². The molecule has 5 heteroatoms. The Morgan fingerprint density at radius 2 is 1.83 bits per heavy atom. The SMILES string of the molecule is C[Si]1(Cl)c2c(C3=CC=CC3)cc3c([cH-]c4ccccc43)c21.[Cl-].[Cl-].[Hf]. The molecule has 0 nitrogen and oxygen atoms in total. The first-order valence-corrected chi connectivity index (χ1v) is 10.9. The molecule has 0 amide bonds. The summed E-state index contributed by atoms with van der Waals surface area (Å²) in [5.74, 6) is 0. The third-order valence-electron chi connectivity index (χ3n) is 4.91. The Kier molecular flexibility index (Phi) is 5.69. The van der Waals surface area contributed by atoms with E-state index in [1.54, 1.807) is 0 Å². The molecule has 2 aliphatic rings. The van der Waals surface area contributed by atoms with Crippen LogP contribution < -0.4 is 35.2 Å². The second kappa shape index (κ2) is 6.81. The van der Waals surface area contributed by atoms with E-state index in [1.807, 2.05) is 0 Å². The molecule has 3 aromatic rings. The van der Waals surface area contributed by atoms with Crippen LogP contribution in [0.1, 0.15) is 12.0 Å². The molecule has 1 atom stereocenters. The van der Waals surface area contributed by atoms with E-state index in [9.17, 15) is 0 Å². The Morgan fingerprint density at radius 3 is 2.54 bits per heavy atom. The number of halogens is 3. The molecule has 0 saturated carbocycles. The van der Waals surface area contributed by atoms with Gasteiger partial charge in [0, 0.05) is 25.8 Å². The molecule has 122 valence electrons. The summed E-state index contributed by atoms with van der Waals surface area (Å²) in [6.07, 6.45) is 7.67. The molecule has 5 rings (SSSR count). The summed E-state index contributed by atoms with van der Waals surface area (Å²) in [5.41, 5.74) is 2.83. The van der Waals surface area contributed by atoms with Gasteiger partial charge in [-0.3, -0.25) is 0 Å². The van der Waals surface area contributed by atoms with Crippen molar-refractivity contribution in [1.29, 1.82) is 0 Å². The van der Waals surface area contributed by atoms with Crippen LogP contribution in [0.5, 0.6) is 0 Å². The number of allylic oxidation sites excluding steroid dienone is 4. The van der Waals surface area contributed by atoms with Gasteiger partial charge in [-0.05, 0) is 17.6 Å². The average Bonchev–Trinajstić information content (AvgIpc) is 2.93. The molecule has 24 heavy (non-hydrogen) atoms. The molecule has 1 unspecified atom stereocenters. The number of benzene rings is 2. The van der Waals surface area contributed by atoms with Gasteiger partial charge < -0.3 is 24.8 Å². The monoisotopic (exact) mass is 555 g/mol. The van der Waals surface area contributed by atoms with Gasteiger partial charge in [0.1, 0.15) is 0 Å². The Balaban J connectivity index is 0.000000694. The molecule has 0 radical (unpaired) electrons. The van der Waals surface area contributed by atoms with Gasteiger partial charge >= 0.3 is 0 Å². The van der Waals surface area contributed by atoms with Gasteiger partial charge in [0.2, 0.25) is 0 Å². The molecule has 0 aromatic heterocycles. The normalized spacial score (nSPS) is 20.0. The van der Waals surface area contributed by atoms with Crippen LogP contribution in [0.3, 0.4) is 0 Å². The van der Waals surface area contributed by atoms with Crippen LogP contribution in [0, 0.1) is 0 Å². The fraction of sp³-hybridized carbons (Fsp3) is 0.105. The van der Waals surface area contributed by atoms with E-state index in [-0.39, 0.29) is 50.7 Å². The van der Waals surface area contributed by atoms with Crippen molar-refractivity contribution in [3.05, 3.63) is 60.2 Å². The van der Waals surface area contributed by atoms with Crippen LogP contribution in [0.25, 0.3) is 27.1 Å². The summed E-state index contributed by atoms with van der Waals surface area (Å²) in [6, 6.07) is 13.4. The molecule has 0 N–H and O–H groups in total. The standard InChI is InChI=1S/C19H14ClSi.2ClH.Hf/c1-21(20)18-15(12-6-2-3-7-12)11-16-14-9-5-4-8-13(14)10-17(16)19(18)21;;;/h2-6,8-11H,7H2,1H3;2*1H;/q-1;;;/p-2. The van der Waals surface area contributed by atoms with E-state index in [0.29, 0.717) is 0 Å². The number of fused-ring (bicyclic) bond motifs is 5. The number of hydrogen-bond acceptors (Lipinski definition) is 0.